The third-order valence-electron chi connectivity index (χ3n) is 0.869. The molecule has 0 saturated carbocycles. The average molecular weight is 260 g/mol. The van der Waals surface area contributed by atoms with Crippen molar-refractivity contribution in [2.75, 3.05) is 6.61 Å². The molecule has 0 spiro atoms. The highest BCUT2D eigenvalue weighted by Crippen LogP contribution is 2.23. The zero-order valence-electron chi connectivity index (χ0n) is 7.71. The SMILES string of the molecule is C=COCCC(F)(F)F.FC(F)C(F)(F)F. The van der Waals surface area contributed by atoms with Crippen molar-refractivity contribution in [3.63, 3.8) is 0 Å². The molecule has 1 nitrogen and oxygen atoms in total. The van der Waals surface area contributed by atoms with E-state index < -0.39 is 25.2 Å². The Morgan fingerprint density at radius 2 is 1.44 bits per heavy atom. The smallest absolute Gasteiger partial charge is 0.450 e. The fourth-order valence-corrected chi connectivity index (χ4v) is 0.258. The van der Waals surface area contributed by atoms with Gasteiger partial charge in [0.05, 0.1) is 19.3 Å². The molecule has 0 aromatic rings. The molecule has 0 fully saturated rings. The van der Waals surface area contributed by atoms with Gasteiger partial charge in [0.1, 0.15) is 0 Å². The minimum atomic E-state index is -5.33. The van der Waals surface area contributed by atoms with Crippen LogP contribution in [0.4, 0.5) is 35.1 Å². The van der Waals surface area contributed by atoms with Crippen molar-refractivity contribution < 1.29 is 39.9 Å². The quantitative estimate of drug-likeness (QED) is 0.424. The molecule has 0 aliphatic rings. The molecule has 0 saturated heterocycles. The van der Waals surface area contributed by atoms with Gasteiger partial charge < -0.3 is 4.74 Å². The lowest BCUT2D eigenvalue weighted by molar-refractivity contribution is -0.219. The standard InChI is InChI=1S/C5H7F3O.C2HF5/c1-2-9-4-3-5(6,7)8;3-1(4)2(5,6)7/h2H,1,3-4H2;1H. The predicted octanol–water partition coefficient (Wildman–Crippen LogP) is 3.91. The molecule has 0 N–H and O–H groups in total. The highest BCUT2D eigenvalue weighted by molar-refractivity contribution is 4.53. The number of halogens is 8. The highest BCUT2D eigenvalue weighted by Gasteiger charge is 2.40. The van der Waals surface area contributed by atoms with Gasteiger partial charge in [0.2, 0.25) is 0 Å². The Morgan fingerprint density at radius 1 is 1.06 bits per heavy atom. The van der Waals surface area contributed by atoms with Gasteiger partial charge in [-0.25, -0.2) is 8.78 Å². The first-order chi connectivity index (χ1) is 7.00. The fourth-order valence-electron chi connectivity index (χ4n) is 0.258. The second-order valence-corrected chi connectivity index (χ2v) is 2.24. The summed E-state index contributed by atoms with van der Waals surface area (Å²) < 4.78 is 90.2. The van der Waals surface area contributed by atoms with E-state index in [-0.39, 0.29) is 6.61 Å². The normalized spacial score (nSPS) is 11.8. The topological polar surface area (TPSA) is 9.23 Å². The summed E-state index contributed by atoms with van der Waals surface area (Å²) in [6.07, 6.45) is -13.6. The molecular weight excluding hydrogens is 252 g/mol. The summed E-state index contributed by atoms with van der Waals surface area (Å²) in [6, 6.07) is 0. The summed E-state index contributed by atoms with van der Waals surface area (Å²) in [5.74, 6) is 0. The average Bonchev–Trinajstić information content (AvgIpc) is 2.01. The molecule has 9 heteroatoms. The van der Waals surface area contributed by atoms with Gasteiger partial charge in [-0.2, -0.15) is 26.3 Å². The monoisotopic (exact) mass is 260 g/mol. The summed E-state index contributed by atoms with van der Waals surface area (Å²) in [5.41, 5.74) is 0. The Morgan fingerprint density at radius 3 is 1.62 bits per heavy atom. The van der Waals surface area contributed by atoms with Gasteiger partial charge >= 0.3 is 18.8 Å². The van der Waals surface area contributed by atoms with Crippen molar-refractivity contribution in [1.29, 1.82) is 0 Å². The van der Waals surface area contributed by atoms with E-state index in [1.165, 1.54) is 0 Å². The van der Waals surface area contributed by atoms with Gasteiger partial charge in [-0.3, -0.25) is 0 Å². The molecule has 0 unspecified atom stereocenters. The Labute approximate surface area is 85.7 Å². The third-order valence-corrected chi connectivity index (χ3v) is 0.869. The zero-order valence-corrected chi connectivity index (χ0v) is 7.71. The third kappa shape index (κ3) is 15.5. The first kappa shape index (κ1) is 17.4. The van der Waals surface area contributed by atoms with Crippen LogP contribution in [0.25, 0.3) is 0 Å². The largest absolute Gasteiger partial charge is 0.501 e. The first-order valence-electron chi connectivity index (χ1n) is 3.65. The molecule has 0 radical (unpaired) electrons. The van der Waals surface area contributed by atoms with Crippen LogP contribution in [0.2, 0.25) is 0 Å². The second-order valence-electron chi connectivity index (χ2n) is 2.24. The lowest BCUT2D eigenvalue weighted by Crippen LogP contribution is -2.18. The maximum atomic E-state index is 11.3. The molecule has 0 aliphatic heterocycles. The number of hydrogen-bond donors (Lipinski definition) is 0. The Balaban J connectivity index is 0. The van der Waals surface area contributed by atoms with Gasteiger partial charge in [-0.05, 0) is 0 Å². The van der Waals surface area contributed by atoms with Crippen LogP contribution in [0, 0.1) is 0 Å². The van der Waals surface area contributed by atoms with Crippen LogP contribution in [0.15, 0.2) is 12.8 Å². The summed E-state index contributed by atoms with van der Waals surface area (Å²) in [5, 5.41) is 0. The van der Waals surface area contributed by atoms with Crippen LogP contribution in [0.1, 0.15) is 6.42 Å². The van der Waals surface area contributed by atoms with Crippen LogP contribution in [-0.4, -0.2) is 25.4 Å². The number of hydrogen-bond acceptors (Lipinski definition) is 1. The minimum Gasteiger partial charge on any atom is -0.501 e. The van der Waals surface area contributed by atoms with Crippen LogP contribution in [-0.2, 0) is 4.74 Å². The van der Waals surface area contributed by atoms with E-state index in [2.05, 4.69) is 11.3 Å². The maximum Gasteiger partial charge on any atom is 0.450 e. The molecule has 0 amide bonds. The molecule has 16 heavy (non-hydrogen) atoms. The first-order valence-corrected chi connectivity index (χ1v) is 3.65. The van der Waals surface area contributed by atoms with Crippen molar-refractivity contribution in [3.8, 4) is 0 Å². The van der Waals surface area contributed by atoms with Gasteiger partial charge in [-0.1, -0.05) is 6.58 Å². The van der Waals surface area contributed by atoms with Crippen molar-refractivity contribution in [1.82, 2.24) is 0 Å². The number of alkyl halides is 8. The fraction of sp³-hybridized carbons (Fsp3) is 0.714. The lowest BCUT2D eigenvalue weighted by Gasteiger charge is -2.03. The Bertz CT molecular complexity index is 182. The second kappa shape index (κ2) is 7.29. The van der Waals surface area contributed by atoms with Crippen molar-refractivity contribution in [2.24, 2.45) is 0 Å². The van der Waals surface area contributed by atoms with Gasteiger partial charge in [0, 0.05) is 0 Å². The van der Waals surface area contributed by atoms with Crippen LogP contribution < -0.4 is 0 Å². The molecule has 0 heterocycles. The summed E-state index contributed by atoms with van der Waals surface area (Å²) in [4.78, 5) is 0. The van der Waals surface area contributed by atoms with E-state index in [0.717, 1.165) is 6.26 Å². The molecule has 0 atom stereocenters. The van der Waals surface area contributed by atoms with E-state index in [9.17, 15) is 35.1 Å². The van der Waals surface area contributed by atoms with E-state index in [1.807, 2.05) is 0 Å². The maximum absolute atomic E-state index is 11.3. The molecule has 98 valence electrons. The van der Waals surface area contributed by atoms with Crippen molar-refractivity contribution in [3.05, 3.63) is 12.8 Å². The zero-order chi connectivity index (χ0) is 13.4. The van der Waals surface area contributed by atoms with Crippen LogP contribution in [0.3, 0.4) is 0 Å². The summed E-state index contributed by atoms with van der Waals surface area (Å²) in [6.45, 7) is 2.75. The van der Waals surface area contributed by atoms with Gasteiger partial charge in [-0.15, -0.1) is 0 Å². The van der Waals surface area contributed by atoms with Crippen molar-refractivity contribution >= 4 is 0 Å². The minimum absolute atomic E-state index is 0.340. The molecule has 0 aromatic heterocycles. The number of rotatable bonds is 3. The van der Waals surface area contributed by atoms with Crippen molar-refractivity contribution in [2.45, 2.75) is 25.2 Å². The van der Waals surface area contributed by atoms with Crippen LogP contribution in [0.5, 0.6) is 0 Å². The molecular formula is C7H8F8O. The summed E-state index contributed by atoms with van der Waals surface area (Å²) in [7, 11) is 0. The van der Waals surface area contributed by atoms with E-state index >= 15 is 0 Å². The van der Waals surface area contributed by atoms with Gasteiger partial charge in [0.25, 0.3) is 0 Å². The molecule has 0 rings (SSSR count). The molecule has 0 bridgehead atoms. The van der Waals surface area contributed by atoms with Crippen LogP contribution >= 0.6 is 0 Å². The molecule has 0 aromatic carbocycles. The predicted molar refractivity (Wildman–Crippen MR) is 38.9 cm³/mol. The summed E-state index contributed by atoms with van der Waals surface area (Å²) >= 11 is 0. The molecule has 0 aliphatic carbocycles. The Kier molecular flexibility index (Phi) is 7.91. The van der Waals surface area contributed by atoms with Gasteiger partial charge in [0.15, 0.2) is 0 Å². The Hall–Kier alpha value is -1.02. The van der Waals surface area contributed by atoms with E-state index in [4.69, 9.17) is 0 Å². The highest BCUT2D eigenvalue weighted by atomic mass is 19.4. The number of ether oxygens (including phenoxy) is 1. The van der Waals surface area contributed by atoms with E-state index in [1.54, 1.807) is 0 Å². The lowest BCUT2D eigenvalue weighted by atomic mass is 10.4. The van der Waals surface area contributed by atoms with E-state index in [0.29, 0.717) is 0 Å².